The van der Waals surface area contributed by atoms with Crippen molar-refractivity contribution in [2.24, 2.45) is 10.8 Å². The van der Waals surface area contributed by atoms with E-state index in [9.17, 15) is 27.2 Å². The van der Waals surface area contributed by atoms with Crippen LogP contribution in [0, 0.1) is 58.4 Å². The minimum atomic E-state index is -0.876. The van der Waals surface area contributed by atoms with Gasteiger partial charge in [-0.05, 0) is 37.1 Å². The minimum absolute atomic E-state index is 0. The zero-order chi connectivity index (χ0) is 47.6. The van der Waals surface area contributed by atoms with Crippen LogP contribution in [0.5, 0.6) is 0 Å². The predicted octanol–water partition coefficient (Wildman–Crippen LogP) is 12.1. The Balaban J connectivity index is 0.00000102. The Morgan fingerprint density at radius 1 is 0.554 bits per heavy atom. The Morgan fingerprint density at radius 3 is 1.17 bits per heavy atom. The number of rotatable bonds is 26. The second-order valence-corrected chi connectivity index (χ2v) is 16.4. The molecule has 13 heteroatoms. The van der Waals surface area contributed by atoms with Crippen LogP contribution in [0.25, 0.3) is 0 Å². The third-order valence-electron chi connectivity index (χ3n) is 9.78. The second-order valence-electron chi connectivity index (χ2n) is 16.4. The van der Waals surface area contributed by atoms with Gasteiger partial charge in [-0.25, -0.2) is 41.9 Å². The summed E-state index contributed by atoms with van der Waals surface area (Å²) in [6, 6.07) is 8.76. The number of carbonyl (C=O) groups excluding carboxylic acids is 2. The summed E-state index contributed by atoms with van der Waals surface area (Å²) in [5.41, 5.74) is -1.26. The Kier molecular flexibility index (Phi) is 34.8. The zero-order valence-electron chi connectivity index (χ0n) is 40.3. The van der Waals surface area contributed by atoms with Gasteiger partial charge in [0.15, 0.2) is 0 Å². The van der Waals surface area contributed by atoms with E-state index in [0.717, 1.165) is 63.5 Å². The molecule has 0 N–H and O–H groups in total. The number of amides is 2. The number of hydrogen-bond acceptors (Lipinski definition) is 6. The summed E-state index contributed by atoms with van der Waals surface area (Å²) >= 11 is 0. The fourth-order valence-corrected chi connectivity index (χ4v) is 6.27. The van der Waals surface area contributed by atoms with Gasteiger partial charge in [-0.15, -0.1) is 49.2 Å². The van der Waals surface area contributed by atoms with E-state index in [1.807, 2.05) is 78.0 Å². The molecule has 0 heterocycles. The molecule has 0 aromatic heterocycles. The molecule has 0 unspecified atom stereocenters. The SMILES string of the molecule is CCCCOCCOCCN(C(=O)C(C)(C)CCC)c1ccc(F)[c-]c1F.CCCCOCCOCCN(C(=O)C(C)(C)CCC)c1ccc(F)[c-]c1F.[C-]1=CC=CC1.[C-]1=CC=CC1.[Ti+4]. The summed E-state index contributed by atoms with van der Waals surface area (Å²) in [6.45, 7) is 19.5. The van der Waals surface area contributed by atoms with E-state index >= 15 is 0 Å². The van der Waals surface area contributed by atoms with E-state index in [-0.39, 0.29) is 71.2 Å². The van der Waals surface area contributed by atoms with Crippen molar-refractivity contribution in [3.8, 4) is 0 Å². The third kappa shape index (κ3) is 26.5. The fourth-order valence-electron chi connectivity index (χ4n) is 6.27. The monoisotopic (exact) mass is 946 g/mol. The maximum Gasteiger partial charge on any atom is 4.00 e. The molecule has 0 radical (unpaired) electrons. The van der Waals surface area contributed by atoms with Crippen molar-refractivity contribution in [1.29, 1.82) is 0 Å². The summed E-state index contributed by atoms with van der Waals surface area (Å²) < 4.78 is 76.8. The zero-order valence-corrected chi connectivity index (χ0v) is 41.8. The number of carbonyl (C=O) groups is 2. The third-order valence-corrected chi connectivity index (χ3v) is 9.78. The van der Waals surface area contributed by atoms with Crippen LogP contribution < -0.4 is 9.80 Å². The number of allylic oxidation sites excluding steroid dienone is 8. The van der Waals surface area contributed by atoms with Gasteiger partial charge in [-0.1, -0.05) is 81.1 Å². The molecule has 2 aliphatic carbocycles. The van der Waals surface area contributed by atoms with Crippen LogP contribution in [-0.4, -0.2) is 77.8 Å². The van der Waals surface area contributed by atoms with Gasteiger partial charge < -0.3 is 28.7 Å². The molecular weight excluding hydrogens is 872 g/mol. The average Bonchev–Trinajstić information content (AvgIpc) is 4.05. The molecule has 8 nitrogen and oxygen atoms in total. The van der Waals surface area contributed by atoms with E-state index in [1.165, 1.54) is 21.9 Å². The molecule has 0 saturated carbocycles. The first-order chi connectivity index (χ1) is 30.7. The minimum Gasteiger partial charge on any atom is -0.379 e. The number of halogens is 4. The van der Waals surface area contributed by atoms with Gasteiger partial charge in [0.25, 0.3) is 0 Å². The Bertz CT molecular complexity index is 1570. The molecule has 2 amide bonds. The van der Waals surface area contributed by atoms with E-state index in [1.54, 1.807) is 0 Å². The largest absolute Gasteiger partial charge is 4.00 e. The second kappa shape index (κ2) is 36.7. The molecule has 0 bridgehead atoms. The van der Waals surface area contributed by atoms with Gasteiger partial charge in [0.2, 0.25) is 11.8 Å². The molecule has 2 aromatic rings. The van der Waals surface area contributed by atoms with Crippen molar-refractivity contribution in [2.45, 2.75) is 120 Å². The summed E-state index contributed by atoms with van der Waals surface area (Å²) in [4.78, 5) is 28.7. The van der Waals surface area contributed by atoms with Crippen molar-refractivity contribution in [1.82, 2.24) is 0 Å². The first kappa shape index (κ1) is 61.6. The number of ether oxygens (including phenoxy) is 4. The Labute approximate surface area is 403 Å². The van der Waals surface area contributed by atoms with Crippen LogP contribution in [0.2, 0.25) is 0 Å². The first-order valence-corrected chi connectivity index (χ1v) is 22.8. The van der Waals surface area contributed by atoms with Crippen molar-refractivity contribution in [3.05, 3.63) is 108 Å². The smallest absolute Gasteiger partial charge is 0.379 e. The maximum absolute atomic E-state index is 14.2. The molecule has 2 aliphatic rings. The quantitative estimate of drug-likeness (QED) is 0.0405. The summed E-state index contributed by atoms with van der Waals surface area (Å²) in [5, 5.41) is 0. The summed E-state index contributed by atoms with van der Waals surface area (Å²) in [6.07, 6.45) is 27.2. The van der Waals surface area contributed by atoms with Gasteiger partial charge in [-0.2, -0.15) is 12.2 Å². The van der Waals surface area contributed by atoms with E-state index in [0.29, 0.717) is 52.5 Å². The van der Waals surface area contributed by atoms with Crippen LogP contribution >= 0.6 is 0 Å². The predicted molar refractivity (Wildman–Crippen MR) is 249 cm³/mol. The van der Waals surface area contributed by atoms with Gasteiger partial charge in [0.05, 0.1) is 39.6 Å². The van der Waals surface area contributed by atoms with Crippen LogP contribution in [0.3, 0.4) is 0 Å². The molecule has 0 atom stereocenters. The molecule has 4 rings (SSSR count). The van der Waals surface area contributed by atoms with Gasteiger partial charge in [-0.3, -0.25) is 21.7 Å². The molecule has 0 spiro atoms. The van der Waals surface area contributed by atoms with Crippen LogP contribution in [-0.2, 0) is 50.3 Å². The van der Waals surface area contributed by atoms with Crippen molar-refractivity contribution >= 4 is 23.2 Å². The van der Waals surface area contributed by atoms with Gasteiger partial charge >= 0.3 is 21.7 Å². The van der Waals surface area contributed by atoms with Crippen LogP contribution in [0.4, 0.5) is 28.9 Å². The van der Waals surface area contributed by atoms with Gasteiger partial charge in [0.1, 0.15) is 0 Å². The number of anilines is 2. The molecule has 2 aromatic carbocycles. The molecule has 0 fully saturated rings. The molecular formula is C52H74F4N2O6Ti. The number of hydrogen-bond donors (Lipinski definition) is 0. The van der Waals surface area contributed by atoms with Crippen molar-refractivity contribution in [3.63, 3.8) is 0 Å². The standard InChI is InChI=1S/2C21H32F2NO3.2C5H5.Ti/c2*1-5-7-12-26-14-15-27-13-11-24(20(25)21(3,4)10-6-2)19-9-8-17(22)16-18(19)23;2*1-2-4-5-3-1;/h2*8-9H,5-7,10-15H2,1-4H3;2*1-3H,4H2;/q4*-1;+4. The van der Waals surface area contributed by atoms with Crippen LogP contribution in [0.15, 0.2) is 60.7 Å². The number of benzene rings is 2. The summed E-state index contributed by atoms with van der Waals surface area (Å²) in [5.74, 6) is -3.77. The van der Waals surface area contributed by atoms with E-state index in [4.69, 9.17) is 18.9 Å². The molecule has 0 saturated heterocycles. The normalized spacial score (nSPS) is 12.4. The summed E-state index contributed by atoms with van der Waals surface area (Å²) in [7, 11) is 0. The number of unbranched alkanes of at least 4 members (excludes halogenated alkanes) is 2. The Hall–Kier alpha value is -3.39. The van der Waals surface area contributed by atoms with E-state index < -0.39 is 34.1 Å². The number of nitrogens with zero attached hydrogens (tertiary/aromatic N) is 2. The average molecular weight is 947 g/mol. The Morgan fingerprint density at radius 2 is 0.908 bits per heavy atom. The molecule has 65 heavy (non-hydrogen) atoms. The fraction of sp³-hybridized carbons (Fsp3) is 0.577. The molecule has 360 valence electrons. The maximum atomic E-state index is 14.2. The topological polar surface area (TPSA) is 77.5 Å². The van der Waals surface area contributed by atoms with Gasteiger partial charge in [0, 0.05) is 60.4 Å². The molecule has 0 aliphatic heterocycles. The van der Waals surface area contributed by atoms with Crippen molar-refractivity contribution in [2.75, 3.05) is 75.7 Å². The first-order valence-electron chi connectivity index (χ1n) is 22.8. The van der Waals surface area contributed by atoms with E-state index in [2.05, 4.69) is 38.2 Å². The van der Waals surface area contributed by atoms with Crippen LogP contribution in [0.1, 0.15) is 120 Å². The van der Waals surface area contributed by atoms with Crippen molar-refractivity contribution < 1.29 is 67.8 Å².